The van der Waals surface area contributed by atoms with Crippen molar-refractivity contribution in [1.82, 2.24) is 0 Å². The van der Waals surface area contributed by atoms with Gasteiger partial charge in [0.05, 0.1) is 19.8 Å². The number of aliphatic hydroxyl groups excluding tert-OH is 1. The molecule has 0 aromatic heterocycles. The molecule has 2 rings (SSSR count). The minimum atomic E-state index is -0.566. The van der Waals surface area contributed by atoms with E-state index < -0.39 is 6.10 Å². The molecule has 0 saturated carbocycles. The van der Waals surface area contributed by atoms with Crippen molar-refractivity contribution in [2.24, 2.45) is 0 Å². The monoisotopic (exact) mass is 350 g/mol. The fourth-order valence-electron chi connectivity index (χ4n) is 2.11. The third-order valence-electron chi connectivity index (χ3n) is 3.24. The van der Waals surface area contributed by atoms with Crippen LogP contribution in [-0.2, 0) is 6.42 Å². The highest BCUT2D eigenvalue weighted by Crippen LogP contribution is 2.28. The van der Waals surface area contributed by atoms with Gasteiger partial charge in [0.1, 0.15) is 11.5 Å². The van der Waals surface area contributed by atoms with Crippen molar-refractivity contribution in [2.75, 3.05) is 13.7 Å². The van der Waals surface area contributed by atoms with E-state index in [0.717, 1.165) is 27.1 Å². The van der Waals surface area contributed by atoms with Gasteiger partial charge in [-0.2, -0.15) is 0 Å². The van der Waals surface area contributed by atoms with Gasteiger partial charge in [-0.1, -0.05) is 28.1 Å². The van der Waals surface area contributed by atoms with E-state index in [1.165, 1.54) is 0 Å². The van der Waals surface area contributed by atoms with Crippen LogP contribution in [0.4, 0.5) is 0 Å². The Bertz CT molecular complexity index is 581. The molecule has 0 radical (unpaired) electrons. The second kappa shape index (κ2) is 7.48. The normalized spacial score (nSPS) is 12.0. The van der Waals surface area contributed by atoms with E-state index in [2.05, 4.69) is 15.9 Å². The molecule has 0 saturated heterocycles. The minimum absolute atomic E-state index is 0.520. The minimum Gasteiger partial charge on any atom is -0.497 e. The maximum absolute atomic E-state index is 10.4. The molecule has 0 aliphatic heterocycles. The first-order chi connectivity index (χ1) is 10.1. The summed E-state index contributed by atoms with van der Waals surface area (Å²) in [6.45, 7) is 2.59. The molecule has 1 unspecified atom stereocenters. The van der Waals surface area contributed by atoms with E-state index in [1.807, 2.05) is 49.4 Å². The van der Waals surface area contributed by atoms with Gasteiger partial charge >= 0.3 is 0 Å². The first kappa shape index (κ1) is 15.9. The SMILES string of the molecule is CCOc1ccc(C(O)Cc2cc(OC)ccc2Br)cc1. The van der Waals surface area contributed by atoms with Crippen molar-refractivity contribution in [2.45, 2.75) is 19.4 Å². The fourth-order valence-corrected chi connectivity index (χ4v) is 2.52. The summed E-state index contributed by atoms with van der Waals surface area (Å²) in [4.78, 5) is 0. The Morgan fingerprint density at radius 3 is 2.38 bits per heavy atom. The van der Waals surface area contributed by atoms with Gasteiger partial charge in [-0.25, -0.2) is 0 Å². The Labute approximate surface area is 133 Å². The van der Waals surface area contributed by atoms with Gasteiger partial charge in [-0.3, -0.25) is 0 Å². The number of aliphatic hydroxyl groups is 1. The predicted octanol–water partition coefficient (Wildman–Crippen LogP) is 4.13. The van der Waals surface area contributed by atoms with Crippen LogP contribution >= 0.6 is 15.9 Å². The zero-order valence-electron chi connectivity index (χ0n) is 12.2. The van der Waals surface area contributed by atoms with Crippen molar-refractivity contribution in [3.63, 3.8) is 0 Å². The van der Waals surface area contributed by atoms with Crippen molar-refractivity contribution < 1.29 is 14.6 Å². The van der Waals surface area contributed by atoms with Gasteiger partial charge in [-0.05, 0) is 48.4 Å². The fraction of sp³-hybridized carbons (Fsp3) is 0.294. The lowest BCUT2D eigenvalue weighted by Crippen LogP contribution is -2.03. The Hall–Kier alpha value is -1.52. The summed E-state index contributed by atoms with van der Waals surface area (Å²) in [6, 6.07) is 13.3. The molecule has 0 amide bonds. The Balaban J connectivity index is 2.11. The molecule has 4 heteroatoms. The number of halogens is 1. The van der Waals surface area contributed by atoms with Gasteiger partial charge in [0.15, 0.2) is 0 Å². The molecule has 2 aromatic rings. The number of benzene rings is 2. The zero-order valence-corrected chi connectivity index (χ0v) is 13.8. The molecule has 0 aliphatic carbocycles. The summed E-state index contributed by atoms with van der Waals surface area (Å²) in [6.07, 6.45) is -0.0461. The predicted molar refractivity (Wildman–Crippen MR) is 87.0 cm³/mol. The van der Waals surface area contributed by atoms with Crippen LogP contribution in [0.2, 0.25) is 0 Å². The summed E-state index contributed by atoms with van der Waals surface area (Å²) in [5, 5.41) is 10.4. The van der Waals surface area contributed by atoms with E-state index in [4.69, 9.17) is 9.47 Å². The van der Waals surface area contributed by atoms with Crippen molar-refractivity contribution in [3.8, 4) is 11.5 Å². The second-order valence-corrected chi connectivity index (χ2v) is 5.53. The maximum Gasteiger partial charge on any atom is 0.119 e. The van der Waals surface area contributed by atoms with Gasteiger partial charge < -0.3 is 14.6 Å². The van der Waals surface area contributed by atoms with Gasteiger partial charge in [-0.15, -0.1) is 0 Å². The van der Waals surface area contributed by atoms with E-state index in [1.54, 1.807) is 7.11 Å². The van der Waals surface area contributed by atoms with E-state index >= 15 is 0 Å². The van der Waals surface area contributed by atoms with Crippen LogP contribution in [-0.4, -0.2) is 18.8 Å². The third-order valence-corrected chi connectivity index (χ3v) is 4.02. The highest BCUT2D eigenvalue weighted by Gasteiger charge is 2.12. The van der Waals surface area contributed by atoms with Gasteiger partial charge in [0.25, 0.3) is 0 Å². The third kappa shape index (κ3) is 4.22. The van der Waals surface area contributed by atoms with Crippen LogP contribution in [0.5, 0.6) is 11.5 Å². The Morgan fingerprint density at radius 1 is 1.10 bits per heavy atom. The molecule has 1 N–H and O–H groups in total. The molecule has 0 bridgehead atoms. The Kier molecular flexibility index (Phi) is 5.65. The average molecular weight is 351 g/mol. The van der Waals surface area contributed by atoms with Crippen LogP contribution in [0, 0.1) is 0 Å². The van der Waals surface area contributed by atoms with E-state index in [9.17, 15) is 5.11 Å². The number of ether oxygens (including phenoxy) is 2. The molecule has 112 valence electrons. The molecule has 0 fully saturated rings. The van der Waals surface area contributed by atoms with Crippen molar-refractivity contribution in [3.05, 3.63) is 58.1 Å². The molecule has 0 aliphatic rings. The van der Waals surface area contributed by atoms with Gasteiger partial charge in [0.2, 0.25) is 0 Å². The van der Waals surface area contributed by atoms with Crippen LogP contribution < -0.4 is 9.47 Å². The van der Waals surface area contributed by atoms with E-state index in [0.29, 0.717) is 13.0 Å². The molecule has 2 aromatic carbocycles. The largest absolute Gasteiger partial charge is 0.497 e. The topological polar surface area (TPSA) is 38.7 Å². The first-order valence-electron chi connectivity index (χ1n) is 6.87. The number of hydrogen-bond donors (Lipinski definition) is 1. The quantitative estimate of drug-likeness (QED) is 0.850. The van der Waals surface area contributed by atoms with Crippen molar-refractivity contribution >= 4 is 15.9 Å². The summed E-state index contributed by atoms with van der Waals surface area (Å²) >= 11 is 3.51. The van der Waals surface area contributed by atoms with E-state index in [-0.39, 0.29) is 0 Å². The summed E-state index contributed by atoms with van der Waals surface area (Å²) in [7, 11) is 1.63. The van der Waals surface area contributed by atoms with Crippen LogP contribution in [0.3, 0.4) is 0 Å². The molecule has 3 nitrogen and oxygen atoms in total. The number of methoxy groups -OCH3 is 1. The average Bonchev–Trinajstić information content (AvgIpc) is 2.50. The summed E-state index contributed by atoms with van der Waals surface area (Å²) < 4.78 is 11.6. The highest BCUT2D eigenvalue weighted by atomic mass is 79.9. The summed E-state index contributed by atoms with van der Waals surface area (Å²) in [5.74, 6) is 1.60. The lowest BCUT2D eigenvalue weighted by molar-refractivity contribution is 0.178. The lowest BCUT2D eigenvalue weighted by Gasteiger charge is -2.14. The van der Waals surface area contributed by atoms with Gasteiger partial charge in [0, 0.05) is 10.9 Å². The van der Waals surface area contributed by atoms with Crippen molar-refractivity contribution in [1.29, 1.82) is 0 Å². The molecule has 21 heavy (non-hydrogen) atoms. The smallest absolute Gasteiger partial charge is 0.119 e. The number of hydrogen-bond acceptors (Lipinski definition) is 3. The molecular weight excluding hydrogens is 332 g/mol. The zero-order chi connectivity index (χ0) is 15.2. The molecule has 0 heterocycles. The van der Waals surface area contributed by atoms with Crippen LogP contribution in [0.15, 0.2) is 46.9 Å². The van der Waals surface area contributed by atoms with Crippen LogP contribution in [0.25, 0.3) is 0 Å². The second-order valence-electron chi connectivity index (χ2n) is 4.68. The molecular formula is C17H19BrO3. The maximum atomic E-state index is 10.4. The highest BCUT2D eigenvalue weighted by molar-refractivity contribution is 9.10. The Morgan fingerprint density at radius 2 is 1.76 bits per heavy atom. The number of rotatable bonds is 6. The first-order valence-corrected chi connectivity index (χ1v) is 7.66. The van der Waals surface area contributed by atoms with Crippen LogP contribution in [0.1, 0.15) is 24.2 Å². The standard InChI is InChI=1S/C17H19BrO3/c1-3-21-14-6-4-12(5-7-14)17(19)11-13-10-15(20-2)8-9-16(13)18/h4-10,17,19H,3,11H2,1-2H3. The molecule has 0 spiro atoms. The lowest BCUT2D eigenvalue weighted by atomic mass is 10.0. The molecule has 1 atom stereocenters. The summed E-state index contributed by atoms with van der Waals surface area (Å²) in [5.41, 5.74) is 1.88.